The smallest absolute Gasteiger partial charge is 0.236 e. The molecule has 0 radical (unpaired) electrons. The second kappa shape index (κ2) is 6.66. The zero-order valence-electron chi connectivity index (χ0n) is 12.8. The lowest BCUT2D eigenvalue weighted by molar-refractivity contribution is -0.115. The molecule has 0 unspecified atom stereocenters. The number of carbonyl (C=O) groups is 1. The average molecular weight is 328 g/mol. The molecule has 2 heterocycles. The molecule has 6 heteroatoms. The molecule has 0 aliphatic carbocycles. The third kappa shape index (κ3) is 3.60. The van der Waals surface area contributed by atoms with Crippen LogP contribution in [0.3, 0.4) is 0 Å². The number of hydrogen-bond donors (Lipinski definition) is 1. The number of thiophene rings is 1. The number of aryl methyl sites for hydroxylation is 1. The molecular formula is C17H16N2O3S. The molecule has 3 rings (SSSR count). The monoisotopic (exact) mass is 328 g/mol. The molecule has 0 aliphatic rings. The van der Waals surface area contributed by atoms with Gasteiger partial charge in [0.2, 0.25) is 11.8 Å². The first-order valence-corrected chi connectivity index (χ1v) is 7.98. The van der Waals surface area contributed by atoms with Crippen molar-refractivity contribution in [2.45, 2.75) is 13.3 Å². The van der Waals surface area contributed by atoms with Crippen molar-refractivity contribution >= 4 is 22.9 Å². The molecule has 118 valence electrons. The van der Waals surface area contributed by atoms with Crippen molar-refractivity contribution in [2.75, 3.05) is 12.4 Å². The van der Waals surface area contributed by atoms with Crippen LogP contribution in [0.1, 0.15) is 11.5 Å². The molecule has 1 aromatic carbocycles. The maximum atomic E-state index is 12.2. The van der Waals surface area contributed by atoms with E-state index in [-0.39, 0.29) is 12.3 Å². The van der Waals surface area contributed by atoms with Crippen LogP contribution in [0.2, 0.25) is 0 Å². The number of carbonyl (C=O) groups excluding carboxylic acids is 1. The molecule has 0 spiro atoms. The lowest BCUT2D eigenvalue weighted by atomic mass is 10.2. The summed E-state index contributed by atoms with van der Waals surface area (Å²) >= 11 is 1.55. The van der Waals surface area contributed by atoms with Crippen molar-refractivity contribution in [1.29, 1.82) is 0 Å². The van der Waals surface area contributed by atoms with E-state index in [0.29, 0.717) is 28.8 Å². The maximum Gasteiger partial charge on any atom is 0.236 e. The Hall–Kier alpha value is -2.60. The Balaban J connectivity index is 1.70. The molecule has 23 heavy (non-hydrogen) atoms. The minimum Gasteiger partial charge on any atom is -0.497 e. The number of rotatable bonds is 5. The fourth-order valence-electron chi connectivity index (χ4n) is 2.16. The number of anilines is 1. The van der Waals surface area contributed by atoms with Gasteiger partial charge >= 0.3 is 0 Å². The van der Waals surface area contributed by atoms with E-state index in [1.807, 2.05) is 42.6 Å². The van der Waals surface area contributed by atoms with Gasteiger partial charge < -0.3 is 14.5 Å². The summed E-state index contributed by atoms with van der Waals surface area (Å²) in [6.45, 7) is 1.82. The summed E-state index contributed by atoms with van der Waals surface area (Å²) in [7, 11) is 1.59. The Morgan fingerprint density at radius 3 is 2.96 bits per heavy atom. The van der Waals surface area contributed by atoms with Crippen molar-refractivity contribution in [1.82, 2.24) is 4.98 Å². The Morgan fingerprint density at radius 1 is 1.35 bits per heavy atom. The third-order valence-corrected chi connectivity index (χ3v) is 4.16. The first-order chi connectivity index (χ1) is 11.2. The largest absolute Gasteiger partial charge is 0.497 e. The molecule has 1 N–H and O–H groups in total. The van der Waals surface area contributed by atoms with Crippen LogP contribution in [0, 0.1) is 6.92 Å². The van der Waals surface area contributed by atoms with E-state index in [1.54, 1.807) is 24.5 Å². The van der Waals surface area contributed by atoms with E-state index >= 15 is 0 Å². The Kier molecular flexibility index (Phi) is 4.43. The van der Waals surface area contributed by atoms with Crippen molar-refractivity contribution in [3.63, 3.8) is 0 Å². The Morgan fingerprint density at radius 2 is 2.22 bits per heavy atom. The van der Waals surface area contributed by atoms with E-state index in [0.717, 1.165) is 4.88 Å². The normalized spacial score (nSPS) is 10.5. The highest BCUT2D eigenvalue weighted by Crippen LogP contribution is 2.26. The van der Waals surface area contributed by atoms with Gasteiger partial charge in [-0.1, -0.05) is 12.1 Å². The van der Waals surface area contributed by atoms with Crippen molar-refractivity contribution < 1.29 is 13.9 Å². The van der Waals surface area contributed by atoms with Gasteiger partial charge in [0.15, 0.2) is 0 Å². The second-order valence-electron chi connectivity index (χ2n) is 4.96. The molecule has 0 aliphatic heterocycles. The van der Waals surface area contributed by atoms with Crippen LogP contribution in [-0.2, 0) is 11.2 Å². The van der Waals surface area contributed by atoms with Crippen LogP contribution in [0.5, 0.6) is 5.75 Å². The number of hydrogen-bond acceptors (Lipinski definition) is 5. The topological polar surface area (TPSA) is 64.4 Å². The van der Waals surface area contributed by atoms with Gasteiger partial charge in [0.1, 0.15) is 11.5 Å². The summed E-state index contributed by atoms with van der Waals surface area (Å²) in [5.41, 5.74) is 1.34. The average Bonchev–Trinajstić information content (AvgIpc) is 3.18. The molecular weight excluding hydrogens is 312 g/mol. The van der Waals surface area contributed by atoms with Gasteiger partial charge in [-0.25, -0.2) is 4.98 Å². The predicted molar refractivity (Wildman–Crippen MR) is 89.9 cm³/mol. The molecule has 0 saturated heterocycles. The highest BCUT2D eigenvalue weighted by atomic mass is 32.1. The Bertz CT molecular complexity index is 809. The first kappa shape index (κ1) is 15.3. The zero-order chi connectivity index (χ0) is 16.2. The van der Waals surface area contributed by atoms with Crippen LogP contribution in [0.4, 0.5) is 5.69 Å². The lowest BCUT2D eigenvalue weighted by Crippen LogP contribution is -2.15. The van der Waals surface area contributed by atoms with E-state index in [1.165, 1.54) is 0 Å². The molecule has 5 nitrogen and oxygen atoms in total. The number of nitrogens with zero attached hydrogens (tertiary/aromatic N) is 1. The zero-order valence-corrected chi connectivity index (χ0v) is 13.6. The van der Waals surface area contributed by atoms with E-state index < -0.39 is 0 Å². The highest BCUT2D eigenvalue weighted by Gasteiger charge is 2.15. The minimum absolute atomic E-state index is 0.146. The van der Waals surface area contributed by atoms with Gasteiger partial charge in [-0.2, -0.15) is 0 Å². The fourth-order valence-corrected chi connectivity index (χ4v) is 2.80. The molecule has 2 aromatic heterocycles. The van der Waals surface area contributed by atoms with E-state index in [2.05, 4.69) is 10.3 Å². The quantitative estimate of drug-likeness (QED) is 0.771. The van der Waals surface area contributed by atoms with Gasteiger partial charge in [-0.15, -0.1) is 11.3 Å². The predicted octanol–water partition coefficient (Wildman–Crippen LogP) is 3.90. The number of oxazole rings is 1. The molecule has 0 saturated carbocycles. The van der Waals surface area contributed by atoms with Crippen LogP contribution < -0.4 is 10.1 Å². The van der Waals surface area contributed by atoms with Crippen LogP contribution in [0.15, 0.2) is 46.2 Å². The molecule has 0 bridgehead atoms. The van der Waals surface area contributed by atoms with Gasteiger partial charge in [0, 0.05) is 11.8 Å². The summed E-state index contributed by atoms with van der Waals surface area (Å²) in [5, 5.41) is 4.80. The summed E-state index contributed by atoms with van der Waals surface area (Å²) in [5.74, 6) is 1.77. The van der Waals surface area contributed by atoms with Gasteiger partial charge in [0.05, 0.1) is 24.1 Å². The lowest BCUT2D eigenvalue weighted by Gasteiger charge is -2.06. The van der Waals surface area contributed by atoms with Crippen LogP contribution >= 0.6 is 11.3 Å². The number of methoxy groups -OCH3 is 1. The van der Waals surface area contributed by atoms with Crippen molar-refractivity contribution in [3.05, 3.63) is 53.2 Å². The standard InChI is InChI=1S/C17H16N2O3S/c1-11-14(19-17(22-11)15-7-4-8-23-15)10-16(20)18-12-5-3-6-13(9-12)21-2/h3-9H,10H2,1-2H3,(H,18,20). The number of amides is 1. The Labute approximate surface area is 137 Å². The van der Waals surface area contributed by atoms with Gasteiger partial charge in [-0.3, -0.25) is 4.79 Å². The van der Waals surface area contributed by atoms with E-state index in [9.17, 15) is 4.79 Å². The number of nitrogens with one attached hydrogen (secondary N) is 1. The molecule has 0 atom stereocenters. The van der Waals surface area contributed by atoms with Crippen LogP contribution in [-0.4, -0.2) is 18.0 Å². The highest BCUT2D eigenvalue weighted by molar-refractivity contribution is 7.13. The fraction of sp³-hybridized carbons (Fsp3) is 0.176. The SMILES string of the molecule is COc1cccc(NC(=O)Cc2nc(-c3cccs3)oc2C)c1. The maximum absolute atomic E-state index is 12.2. The summed E-state index contributed by atoms with van der Waals surface area (Å²) in [4.78, 5) is 17.6. The third-order valence-electron chi connectivity index (χ3n) is 3.31. The summed E-state index contributed by atoms with van der Waals surface area (Å²) < 4.78 is 10.8. The van der Waals surface area contributed by atoms with Crippen LogP contribution in [0.25, 0.3) is 10.8 Å². The number of benzene rings is 1. The minimum atomic E-state index is -0.146. The van der Waals surface area contributed by atoms with E-state index in [4.69, 9.17) is 9.15 Å². The summed E-state index contributed by atoms with van der Waals surface area (Å²) in [6.07, 6.45) is 0.165. The molecule has 3 aromatic rings. The molecule has 0 fully saturated rings. The number of ether oxygens (including phenoxy) is 1. The van der Waals surface area contributed by atoms with Crippen molar-refractivity contribution in [2.24, 2.45) is 0 Å². The second-order valence-corrected chi connectivity index (χ2v) is 5.90. The summed E-state index contributed by atoms with van der Waals surface area (Å²) in [6, 6.07) is 11.1. The first-order valence-electron chi connectivity index (χ1n) is 7.10. The van der Waals surface area contributed by atoms with Crippen molar-refractivity contribution in [3.8, 4) is 16.5 Å². The van der Waals surface area contributed by atoms with Gasteiger partial charge in [0.25, 0.3) is 0 Å². The van der Waals surface area contributed by atoms with Gasteiger partial charge in [-0.05, 0) is 30.5 Å². The number of aromatic nitrogens is 1. The molecule has 1 amide bonds.